The highest BCUT2D eigenvalue weighted by Crippen LogP contribution is 2.34. The summed E-state index contributed by atoms with van der Waals surface area (Å²) < 4.78 is 6.05. The molecule has 0 atom stereocenters. The third-order valence-electron chi connectivity index (χ3n) is 8.25. The average Bonchev–Trinajstić information content (AvgIpc) is 3.53. The van der Waals surface area contributed by atoms with E-state index < -0.39 is 0 Å². The first-order valence-electron chi connectivity index (χ1n) is 15.3. The molecule has 0 saturated heterocycles. The van der Waals surface area contributed by atoms with Gasteiger partial charge in [0.2, 0.25) is 0 Å². The molecular formula is C40H24N6O. The first kappa shape index (κ1) is 26.8. The number of benzene rings is 5. The van der Waals surface area contributed by atoms with Crippen LogP contribution in [0.3, 0.4) is 0 Å². The molecule has 47 heavy (non-hydrogen) atoms. The van der Waals surface area contributed by atoms with Gasteiger partial charge in [-0.2, -0.15) is 0 Å². The average molecular weight is 605 g/mol. The third-order valence-corrected chi connectivity index (χ3v) is 8.25. The molecule has 0 unspecified atom stereocenters. The number of nitrogens with zero attached hydrogens (tertiary/aromatic N) is 6. The van der Waals surface area contributed by atoms with E-state index >= 15 is 0 Å². The first-order valence-corrected chi connectivity index (χ1v) is 15.3. The van der Waals surface area contributed by atoms with Crippen molar-refractivity contribution in [3.63, 3.8) is 0 Å². The molecule has 0 amide bonds. The zero-order valence-corrected chi connectivity index (χ0v) is 24.9. The summed E-state index contributed by atoms with van der Waals surface area (Å²) in [6.07, 6.45) is 0. The van der Waals surface area contributed by atoms with Gasteiger partial charge in [0.25, 0.3) is 0 Å². The lowest BCUT2D eigenvalue weighted by molar-refractivity contribution is 0.667. The van der Waals surface area contributed by atoms with Gasteiger partial charge in [0.05, 0.1) is 11.2 Å². The van der Waals surface area contributed by atoms with Crippen LogP contribution in [0.15, 0.2) is 150 Å². The zero-order valence-electron chi connectivity index (χ0n) is 24.9. The second kappa shape index (κ2) is 11.1. The number of aromatic nitrogens is 6. The summed E-state index contributed by atoms with van der Waals surface area (Å²) >= 11 is 0. The summed E-state index contributed by atoms with van der Waals surface area (Å²) in [6.45, 7) is 0. The van der Waals surface area contributed by atoms with Crippen LogP contribution < -0.4 is 0 Å². The summed E-state index contributed by atoms with van der Waals surface area (Å²) in [5, 5.41) is 11.0. The predicted molar refractivity (Wildman–Crippen MR) is 185 cm³/mol. The van der Waals surface area contributed by atoms with Crippen molar-refractivity contribution in [2.75, 3.05) is 0 Å². The highest BCUT2D eigenvalue weighted by molar-refractivity contribution is 6.02. The number of hydrogen-bond donors (Lipinski definition) is 0. The Bertz CT molecular complexity index is 2520. The van der Waals surface area contributed by atoms with Crippen molar-refractivity contribution >= 4 is 33.0 Å². The third kappa shape index (κ3) is 4.87. The molecule has 0 bridgehead atoms. The molecule has 4 aromatic heterocycles. The van der Waals surface area contributed by atoms with Gasteiger partial charge in [0.1, 0.15) is 16.8 Å². The number of hydrogen-bond acceptors (Lipinski definition) is 7. The molecule has 0 aliphatic carbocycles. The molecule has 4 heterocycles. The Labute approximate surface area is 269 Å². The maximum atomic E-state index is 6.05. The number of pyridine rings is 1. The largest absolute Gasteiger partial charge is 0.454 e. The molecule has 9 rings (SSSR count). The van der Waals surface area contributed by atoms with Crippen LogP contribution in [-0.2, 0) is 0 Å². The van der Waals surface area contributed by atoms with Crippen LogP contribution >= 0.6 is 0 Å². The van der Waals surface area contributed by atoms with Crippen LogP contribution in [0.4, 0.5) is 0 Å². The van der Waals surface area contributed by atoms with Gasteiger partial charge >= 0.3 is 0 Å². The Kier molecular flexibility index (Phi) is 6.31. The van der Waals surface area contributed by atoms with Crippen LogP contribution in [-0.4, -0.2) is 30.1 Å². The van der Waals surface area contributed by atoms with Crippen LogP contribution in [0, 0.1) is 0 Å². The first-order chi connectivity index (χ1) is 23.3. The van der Waals surface area contributed by atoms with Gasteiger partial charge in [-0.1, -0.05) is 103 Å². The Morgan fingerprint density at radius 3 is 1.79 bits per heavy atom. The monoisotopic (exact) mass is 604 g/mol. The lowest BCUT2D eigenvalue weighted by Crippen LogP contribution is -2.00. The van der Waals surface area contributed by atoms with Crippen LogP contribution in [0.2, 0.25) is 0 Å². The molecule has 9 aromatic rings. The molecule has 0 aliphatic heterocycles. The highest BCUT2D eigenvalue weighted by Gasteiger charge is 2.15. The maximum absolute atomic E-state index is 6.05. The summed E-state index contributed by atoms with van der Waals surface area (Å²) in [4.78, 5) is 19.7. The minimum Gasteiger partial charge on any atom is -0.454 e. The second-order valence-corrected chi connectivity index (χ2v) is 11.2. The van der Waals surface area contributed by atoms with Crippen molar-refractivity contribution in [3.8, 4) is 56.7 Å². The Morgan fingerprint density at radius 1 is 0.383 bits per heavy atom. The number of fused-ring (bicyclic) bond motifs is 4. The molecule has 0 radical (unpaired) electrons. The van der Waals surface area contributed by atoms with Crippen molar-refractivity contribution in [3.05, 3.63) is 146 Å². The summed E-state index contributed by atoms with van der Waals surface area (Å²) in [5.74, 6) is 1.87. The molecule has 7 nitrogen and oxygen atoms in total. The van der Waals surface area contributed by atoms with E-state index in [1.807, 2.05) is 121 Å². The molecule has 0 aliphatic rings. The van der Waals surface area contributed by atoms with E-state index in [1.165, 1.54) is 0 Å². The second-order valence-electron chi connectivity index (χ2n) is 11.2. The molecule has 7 heteroatoms. The standard InChI is InChI=1S/C40H24N6O/c1-3-11-25(12-4-1)38-42-39(26-13-5-2-6-14-26)44-40(43-38)28-16-9-15-27(23-28)29-18-10-19-32-30(29)21-22-33(41-32)34-24-36-37(46-45-34)31-17-7-8-20-35(31)47-36/h1-24H. The number of rotatable bonds is 5. The van der Waals surface area contributed by atoms with E-state index in [9.17, 15) is 0 Å². The van der Waals surface area contributed by atoms with Gasteiger partial charge in [-0.3, -0.25) is 0 Å². The summed E-state index contributed by atoms with van der Waals surface area (Å²) in [6, 6.07) is 48.3. The van der Waals surface area contributed by atoms with Gasteiger partial charge < -0.3 is 4.42 Å². The minimum absolute atomic E-state index is 0.611. The van der Waals surface area contributed by atoms with Crippen LogP contribution in [0.5, 0.6) is 0 Å². The van der Waals surface area contributed by atoms with Gasteiger partial charge in [0.15, 0.2) is 23.1 Å². The van der Waals surface area contributed by atoms with Gasteiger partial charge in [-0.15, -0.1) is 10.2 Å². The Balaban J connectivity index is 1.12. The quantitative estimate of drug-likeness (QED) is 0.193. The van der Waals surface area contributed by atoms with E-state index in [4.69, 9.17) is 24.4 Å². The van der Waals surface area contributed by atoms with Crippen molar-refractivity contribution in [2.45, 2.75) is 0 Å². The van der Waals surface area contributed by atoms with E-state index in [1.54, 1.807) is 0 Å². The van der Waals surface area contributed by atoms with Crippen molar-refractivity contribution < 1.29 is 4.42 Å². The maximum Gasteiger partial charge on any atom is 0.164 e. The highest BCUT2D eigenvalue weighted by atomic mass is 16.3. The van der Waals surface area contributed by atoms with E-state index in [2.05, 4.69) is 34.5 Å². The molecule has 5 aromatic carbocycles. The number of para-hydroxylation sites is 1. The van der Waals surface area contributed by atoms with Crippen LogP contribution in [0.25, 0.3) is 89.7 Å². The van der Waals surface area contributed by atoms with Crippen molar-refractivity contribution in [2.24, 2.45) is 0 Å². The fourth-order valence-electron chi connectivity index (χ4n) is 5.95. The molecule has 0 spiro atoms. The molecule has 0 saturated carbocycles. The molecule has 220 valence electrons. The SMILES string of the molecule is c1ccc(-c2nc(-c3ccccc3)nc(-c3cccc(-c4cccc5nc(-c6cc7oc8ccccc8c7nn6)ccc45)c3)n2)cc1. The van der Waals surface area contributed by atoms with Crippen molar-refractivity contribution in [1.82, 2.24) is 30.1 Å². The topological polar surface area (TPSA) is 90.5 Å². The molecule has 0 N–H and O–H groups in total. The normalized spacial score (nSPS) is 11.4. The van der Waals surface area contributed by atoms with Gasteiger partial charge in [-0.05, 0) is 47.5 Å². The Hall–Kier alpha value is -6.60. The fourth-order valence-corrected chi connectivity index (χ4v) is 5.95. The van der Waals surface area contributed by atoms with Gasteiger partial charge in [-0.25, -0.2) is 19.9 Å². The lowest BCUT2D eigenvalue weighted by Gasteiger charge is -2.11. The van der Waals surface area contributed by atoms with E-state index in [-0.39, 0.29) is 0 Å². The molecular weight excluding hydrogens is 580 g/mol. The smallest absolute Gasteiger partial charge is 0.164 e. The Morgan fingerprint density at radius 2 is 1.02 bits per heavy atom. The van der Waals surface area contributed by atoms with E-state index in [0.29, 0.717) is 28.8 Å². The lowest BCUT2D eigenvalue weighted by atomic mass is 9.98. The van der Waals surface area contributed by atoms with Crippen LogP contribution in [0.1, 0.15) is 0 Å². The van der Waals surface area contributed by atoms with Gasteiger partial charge in [0, 0.05) is 33.5 Å². The predicted octanol–water partition coefficient (Wildman–Crippen LogP) is 9.44. The zero-order chi connectivity index (χ0) is 31.2. The van der Waals surface area contributed by atoms with E-state index in [0.717, 1.165) is 60.9 Å². The number of furan rings is 1. The summed E-state index contributed by atoms with van der Waals surface area (Å²) in [5.41, 5.74) is 9.33. The van der Waals surface area contributed by atoms with Crippen molar-refractivity contribution in [1.29, 1.82) is 0 Å². The molecule has 0 fully saturated rings. The summed E-state index contributed by atoms with van der Waals surface area (Å²) in [7, 11) is 0. The minimum atomic E-state index is 0.611. The fraction of sp³-hybridized carbons (Fsp3) is 0.